The number of fused-ring (bicyclic) bond motifs is 1. The maximum absolute atomic E-state index is 14.0. The van der Waals surface area contributed by atoms with E-state index in [0.717, 1.165) is 29.6 Å². The molecule has 0 N–H and O–H groups in total. The molecule has 7 nitrogen and oxygen atoms in total. The predicted octanol–water partition coefficient (Wildman–Crippen LogP) is 6.37. The van der Waals surface area contributed by atoms with E-state index >= 15 is 0 Å². The monoisotopic (exact) mass is 820 g/mol. The largest absolute Gasteiger partial charge is 0.494 e. The van der Waals surface area contributed by atoms with Crippen LogP contribution in [0.3, 0.4) is 0 Å². The molecule has 4 aromatic rings. The first-order valence-electron chi connectivity index (χ1n) is 13.8. The molecule has 1 atom stereocenters. The third kappa shape index (κ3) is 7.07. The van der Waals surface area contributed by atoms with Crippen molar-refractivity contribution in [3.8, 4) is 11.5 Å². The standard InChI is InChI=1S/C33H30I2N2O5S/c1-5-40-24-13-11-23(12-14-24)29-28(32(39)42-19(2)3)20(4)36-33-37(29)31(38)27(43-33)17-22-15-25(34)30(26(35)16-22)41-18-21-9-7-6-8-10-21/h6-17,19,29H,5,18H2,1-4H3/b27-17+/t29-/m0/s1. The lowest BCUT2D eigenvalue weighted by Crippen LogP contribution is -2.40. The number of rotatable bonds is 9. The molecular formula is C33H30I2N2O5S. The van der Waals surface area contributed by atoms with Crippen LogP contribution in [0.4, 0.5) is 0 Å². The van der Waals surface area contributed by atoms with Gasteiger partial charge in [-0.25, -0.2) is 9.79 Å². The highest BCUT2D eigenvalue weighted by Crippen LogP contribution is 2.33. The van der Waals surface area contributed by atoms with Gasteiger partial charge in [-0.1, -0.05) is 53.8 Å². The Bertz CT molecular complexity index is 1840. The van der Waals surface area contributed by atoms with Gasteiger partial charge in [-0.15, -0.1) is 0 Å². The number of thiazole rings is 1. The van der Waals surface area contributed by atoms with Crippen molar-refractivity contribution in [3.05, 3.63) is 122 Å². The van der Waals surface area contributed by atoms with Crippen LogP contribution in [-0.2, 0) is 16.1 Å². The Hall–Kier alpha value is -2.97. The summed E-state index contributed by atoms with van der Waals surface area (Å²) in [6, 6.07) is 20.8. The Morgan fingerprint density at radius 2 is 1.72 bits per heavy atom. The molecule has 3 aromatic carbocycles. The van der Waals surface area contributed by atoms with E-state index in [9.17, 15) is 9.59 Å². The number of carbonyl (C=O) groups excluding carboxylic acids is 1. The molecular weight excluding hydrogens is 790 g/mol. The number of hydrogen-bond acceptors (Lipinski definition) is 7. The molecule has 0 bridgehead atoms. The highest BCUT2D eigenvalue weighted by atomic mass is 127. The van der Waals surface area contributed by atoms with E-state index in [1.54, 1.807) is 25.3 Å². The van der Waals surface area contributed by atoms with Crippen molar-refractivity contribution in [2.24, 2.45) is 4.99 Å². The van der Waals surface area contributed by atoms with E-state index in [-0.39, 0.29) is 11.7 Å². The fourth-order valence-corrected chi connectivity index (χ4v) is 7.94. The van der Waals surface area contributed by atoms with Crippen molar-refractivity contribution in [3.63, 3.8) is 0 Å². The number of esters is 1. The van der Waals surface area contributed by atoms with Crippen LogP contribution >= 0.6 is 56.5 Å². The second-order valence-electron chi connectivity index (χ2n) is 10.1. The summed E-state index contributed by atoms with van der Waals surface area (Å²) in [6.07, 6.45) is 1.55. The number of benzene rings is 3. The van der Waals surface area contributed by atoms with Crippen molar-refractivity contribution in [1.82, 2.24) is 4.57 Å². The quantitative estimate of drug-likeness (QED) is 0.145. The summed E-state index contributed by atoms with van der Waals surface area (Å²) in [7, 11) is 0. The summed E-state index contributed by atoms with van der Waals surface area (Å²) < 4.78 is 21.4. The molecule has 0 spiro atoms. The van der Waals surface area contributed by atoms with Gasteiger partial charge in [-0.2, -0.15) is 0 Å². The van der Waals surface area contributed by atoms with Crippen molar-refractivity contribution in [2.45, 2.75) is 46.4 Å². The van der Waals surface area contributed by atoms with Gasteiger partial charge in [-0.3, -0.25) is 9.36 Å². The number of ether oxygens (including phenoxy) is 3. The Morgan fingerprint density at radius 3 is 2.35 bits per heavy atom. The third-order valence-electron chi connectivity index (χ3n) is 6.64. The van der Waals surface area contributed by atoms with E-state index in [2.05, 4.69) is 45.2 Å². The van der Waals surface area contributed by atoms with Crippen LogP contribution < -0.4 is 24.4 Å². The minimum atomic E-state index is -0.686. The molecule has 0 saturated heterocycles. The summed E-state index contributed by atoms with van der Waals surface area (Å²) in [5.74, 6) is 1.04. The van der Waals surface area contributed by atoms with Gasteiger partial charge in [0, 0.05) is 0 Å². The van der Waals surface area contributed by atoms with Crippen molar-refractivity contribution >= 4 is 68.6 Å². The van der Waals surface area contributed by atoms with Crippen LogP contribution in [-0.4, -0.2) is 23.2 Å². The lowest BCUT2D eigenvalue weighted by molar-refractivity contribution is -0.143. The predicted molar refractivity (Wildman–Crippen MR) is 185 cm³/mol. The normalized spacial score (nSPS) is 14.9. The number of nitrogens with zero attached hydrogens (tertiary/aromatic N) is 2. The molecule has 1 aliphatic rings. The van der Waals surface area contributed by atoms with Gasteiger partial charge in [0.1, 0.15) is 18.1 Å². The Balaban J connectivity index is 1.56. The van der Waals surface area contributed by atoms with Crippen LogP contribution in [0.15, 0.2) is 87.8 Å². The Kier molecular flexibility index (Phi) is 10.1. The number of allylic oxidation sites excluding steroid dienone is 1. The highest BCUT2D eigenvalue weighted by Gasteiger charge is 2.33. The van der Waals surface area contributed by atoms with Gasteiger partial charge in [0.2, 0.25) is 0 Å². The zero-order valence-electron chi connectivity index (χ0n) is 24.1. The first-order valence-corrected chi connectivity index (χ1v) is 16.8. The fraction of sp³-hybridized carbons (Fsp3) is 0.242. The summed E-state index contributed by atoms with van der Waals surface area (Å²) >= 11 is 5.84. The zero-order valence-corrected chi connectivity index (χ0v) is 29.2. The SMILES string of the molecule is CCOc1ccc([C@H]2C(C(=O)OC(C)C)=C(C)N=c3s/c(=C/c4cc(I)c(OCc5ccccc5)c(I)c4)c(=O)n32)cc1. The summed E-state index contributed by atoms with van der Waals surface area (Å²) in [5.41, 5.74) is 3.39. The summed E-state index contributed by atoms with van der Waals surface area (Å²) in [5, 5.41) is 0. The fourth-order valence-electron chi connectivity index (χ4n) is 4.77. The van der Waals surface area contributed by atoms with Gasteiger partial charge >= 0.3 is 5.97 Å². The van der Waals surface area contributed by atoms with Gasteiger partial charge in [-0.05, 0) is 120 Å². The molecule has 10 heteroatoms. The number of carbonyl (C=O) groups is 1. The Morgan fingerprint density at radius 1 is 1.05 bits per heavy atom. The molecule has 0 fully saturated rings. The molecule has 1 aliphatic heterocycles. The smallest absolute Gasteiger partial charge is 0.338 e. The summed E-state index contributed by atoms with van der Waals surface area (Å²) in [6.45, 7) is 8.32. The Labute approximate surface area is 281 Å². The minimum absolute atomic E-state index is 0.223. The molecule has 0 unspecified atom stereocenters. The van der Waals surface area contributed by atoms with Crippen molar-refractivity contribution in [2.75, 3.05) is 6.61 Å². The van der Waals surface area contributed by atoms with E-state index in [0.29, 0.717) is 39.6 Å². The van der Waals surface area contributed by atoms with Crippen LogP contribution in [0.1, 0.15) is 50.4 Å². The molecule has 0 radical (unpaired) electrons. The second-order valence-corrected chi connectivity index (χ2v) is 13.5. The van der Waals surface area contributed by atoms with E-state index in [1.165, 1.54) is 11.3 Å². The lowest BCUT2D eigenvalue weighted by atomic mass is 9.96. The maximum atomic E-state index is 14.0. The van der Waals surface area contributed by atoms with E-state index in [1.807, 2.05) is 79.7 Å². The average Bonchev–Trinajstić information content (AvgIpc) is 3.26. The molecule has 1 aromatic heterocycles. The first-order chi connectivity index (χ1) is 20.7. The molecule has 43 heavy (non-hydrogen) atoms. The average molecular weight is 820 g/mol. The van der Waals surface area contributed by atoms with Gasteiger partial charge in [0.15, 0.2) is 4.80 Å². The van der Waals surface area contributed by atoms with Gasteiger partial charge in [0.05, 0.1) is 41.7 Å². The van der Waals surface area contributed by atoms with Crippen molar-refractivity contribution in [1.29, 1.82) is 0 Å². The van der Waals surface area contributed by atoms with Crippen LogP contribution in [0, 0.1) is 7.14 Å². The zero-order chi connectivity index (χ0) is 30.7. The van der Waals surface area contributed by atoms with Crippen LogP contribution in [0.25, 0.3) is 6.08 Å². The third-order valence-corrected chi connectivity index (χ3v) is 9.22. The van der Waals surface area contributed by atoms with Crippen LogP contribution in [0.2, 0.25) is 0 Å². The topological polar surface area (TPSA) is 79.1 Å². The van der Waals surface area contributed by atoms with Gasteiger partial charge < -0.3 is 14.2 Å². The number of aromatic nitrogens is 1. The molecule has 222 valence electrons. The molecule has 2 heterocycles. The van der Waals surface area contributed by atoms with E-state index in [4.69, 9.17) is 19.2 Å². The van der Waals surface area contributed by atoms with Crippen molar-refractivity contribution < 1.29 is 19.0 Å². The first kappa shape index (κ1) is 31.5. The molecule has 0 saturated carbocycles. The summed E-state index contributed by atoms with van der Waals surface area (Å²) in [4.78, 5) is 32.6. The van der Waals surface area contributed by atoms with Gasteiger partial charge in [0.25, 0.3) is 5.56 Å². The van der Waals surface area contributed by atoms with E-state index < -0.39 is 12.0 Å². The molecule has 5 rings (SSSR count). The highest BCUT2D eigenvalue weighted by molar-refractivity contribution is 14.1. The lowest BCUT2D eigenvalue weighted by Gasteiger charge is -2.25. The number of hydrogen-bond donors (Lipinski definition) is 0. The second kappa shape index (κ2) is 13.8. The number of halogens is 2. The van der Waals surface area contributed by atoms with Crippen LogP contribution in [0.5, 0.6) is 11.5 Å². The minimum Gasteiger partial charge on any atom is -0.494 e. The molecule has 0 amide bonds. The maximum Gasteiger partial charge on any atom is 0.338 e. The molecule has 0 aliphatic carbocycles.